The highest BCUT2D eigenvalue weighted by Crippen LogP contribution is 2.70. The van der Waals surface area contributed by atoms with Gasteiger partial charge in [-0.1, -0.05) is 19.9 Å². The number of Topliss-reactive ketones (excluding diaryl/α,β-unsaturated/α-hetero) is 1. The van der Waals surface area contributed by atoms with Crippen LogP contribution in [-0.4, -0.2) is 93.9 Å². The molecule has 9 atom stereocenters. The van der Waals surface area contributed by atoms with Gasteiger partial charge in [0.15, 0.2) is 23.8 Å². The predicted molar refractivity (Wildman–Crippen MR) is 146 cm³/mol. The van der Waals surface area contributed by atoms with Gasteiger partial charge in [0.2, 0.25) is 11.7 Å². The van der Waals surface area contributed by atoms with Crippen molar-refractivity contribution in [3.05, 3.63) is 23.8 Å². The van der Waals surface area contributed by atoms with Crippen LogP contribution in [0.3, 0.4) is 0 Å². The second-order valence-corrected chi connectivity index (χ2v) is 13.4. The summed E-state index contributed by atoms with van der Waals surface area (Å²) in [6.45, 7) is 5.79. The molecule has 5 rings (SSSR count). The number of carbonyl (C=O) groups excluding carboxylic acids is 4. The fourth-order valence-corrected chi connectivity index (χ4v) is 8.87. The van der Waals surface area contributed by atoms with Gasteiger partial charge in [0.05, 0.1) is 24.2 Å². The predicted octanol–water partition coefficient (Wildman–Crippen LogP) is 1.73. The number of fused-ring (bicyclic) bond motifs is 7. The summed E-state index contributed by atoms with van der Waals surface area (Å²) in [5, 5.41) is 30.6. The van der Waals surface area contributed by atoms with Crippen LogP contribution >= 0.6 is 0 Å². The third kappa shape index (κ3) is 5.44. The van der Waals surface area contributed by atoms with Crippen LogP contribution in [0.25, 0.3) is 0 Å². The normalized spacial score (nSPS) is 40.0. The summed E-state index contributed by atoms with van der Waals surface area (Å²) in [5.41, 5.74) is -3.06. The quantitative estimate of drug-likeness (QED) is 0.157. The second kappa shape index (κ2) is 11.6. The van der Waals surface area contributed by atoms with Gasteiger partial charge in [-0.3, -0.25) is 34.4 Å². The Balaban J connectivity index is 1.31. The van der Waals surface area contributed by atoms with Gasteiger partial charge >= 0.3 is 5.97 Å². The number of nitrogens with zero attached hydrogens (tertiary/aromatic N) is 1. The van der Waals surface area contributed by atoms with Crippen molar-refractivity contribution in [2.45, 2.75) is 89.6 Å². The van der Waals surface area contributed by atoms with E-state index in [0.717, 1.165) is 0 Å². The molecule has 244 valence electrons. The number of carbonyl (C=O) groups is 4. The molecule has 0 radical (unpaired) electrons. The topological polar surface area (TPSA) is 181 Å². The summed E-state index contributed by atoms with van der Waals surface area (Å²) in [7, 11) is 0. The van der Waals surface area contributed by atoms with Crippen molar-refractivity contribution in [3.8, 4) is 0 Å². The minimum Gasteiger partial charge on any atom is -0.456 e. The highest BCUT2D eigenvalue weighted by molar-refractivity contribution is 6.01. The van der Waals surface area contributed by atoms with Crippen LogP contribution in [0.5, 0.6) is 0 Å². The lowest BCUT2D eigenvalue weighted by atomic mass is 9.46. The summed E-state index contributed by atoms with van der Waals surface area (Å²) in [6, 6.07) is 0. The number of hydrogen-bond donors (Lipinski definition) is 4. The van der Waals surface area contributed by atoms with Crippen LogP contribution in [0.15, 0.2) is 23.8 Å². The number of rotatable bonds is 10. The minimum atomic E-state index is -1.58. The number of ether oxygens (including phenoxy) is 3. The number of nitrogens with one attached hydrogen (secondary N) is 1. The summed E-state index contributed by atoms with van der Waals surface area (Å²) in [5.74, 6) is -4.33. The molecule has 0 aromatic heterocycles. The molecule has 4 aliphatic carbocycles. The van der Waals surface area contributed by atoms with Crippen molar-refractivity contribution in [2.24, 2.45) is 28.6 Å². The molecule has 4 fully saturated rings. The van der Waals surface area contributed by atoms with Crippen LogP contribution in [0.2, 0.25) is 0 Å². The molecule has 1 amide bonds. The number of ketones is 2. The van der Waals surface area contributed by atoms with Crippen molar-refractivity contribution < 1.29 is 58.1 Å². The van der Waals surface area contributed by atoms with E-state index in [9.17, 15) is 24.3 Å². The molecule has 13 nitrogen and oxygen atoms in total. The number of aliphatic hydroxyl groups is 1. The molecule has 1 saturated heterocycles. The molecular formula is C30H41FN2O11. The molecule has 4 N–H and O–H groups in total. The number of esters is 1. The maximum absolute atomic E-state index is 15.8. The van der Waals surface area contributed by atoms with Crippen molar-refractivity contribution in [1.29, 1.82) is 0 Å². The van der Waals surface area contributed by atoms with Gasteiger partial charge in [-0.05, 0) is 69.1 Å². The van der Waals surface area contributed by atoms with Crippen molar-refractivity contribution in [1.82, 2.24) is 10.7 Å². The van der Waals surface area contributed by atoms with Crippen molar-refractivity contribution in [3.63, 3.8) is 0 Å². The van der Waals surface area contributed by atoms with E-state index in [1.165, 1.54) is 12.2 Å². The summed E-state index contributed by atoms with van der Waals surface area (Å²) < 4.78 is 33.7. The van der Waals surface area contributed by atoms with Gasteiger partial charge in [-0.25, -0.2) is 4.39 Å². The average molecular weight is 625 g/mol. The molecule has 1 heterocycles. The molecule has 0 aromatic rings. The Morgan fingerprint density at radius 3 is 2.61 bits per heavy atom. The van der Waals surface area contributed by atoms with E-state index in [2.05, 4.69) is 10.2 Å². The third-order valence-electron chi connectivity index (χ3n) is 10.4. The van der Waals surface area contributed by atoms with E-state index >= 15 is 4.39 Å². The molecule has 0 bridgehead atoms. The Morgan fingerprint density at radius 1 is 1.18 bits per heavy atom. The highest BCUT2D eigenvalue weighted by atomic mass is 19.1. The second-order valence-electron chi connectivity index (χ2n) is 13.4. The van der Waals surface area contributed by atoms with Crippen molar-refractivity contribution in [2.75, 3.05) is 19.8 Å². The Bertz CT molecular complexity index is 1270. The zero-order valence-electron chi connectivity index (χ0n) is 25.3. The molecule has 0 spiro atoms. The van der Waals surface area contributed by atoms with Crippen LogP contribution in [0.1, 0.15) is 59.8 Å². The first-order chi connectivity index (χ1) is 20.5. The van der Waals surface area contributed by atoms with E-state index < -0.39 is 76.8 Å². The molecular weight excluding hydrogens is 583 g/mol. The van der Waals surface area contributed by atoms with Gasteiger partial charge in [0.1, 0.15) is 12.7 Å². The Hall–Kier alpha value is -2.59. The fraction of sp³-hybridized carbons (Fsp3) is 0.733. The number of halogens is 1. The average Bonchev–Trinajstić information content (AvgIpc) is 3.34. The number of allylic oxidation sites excluding steroid dienone is 4. The first kappa shape index (κ1) is 32.8. The molecule has 5 aliphatic rings. The van der Waals surface area contributed by atoms with E-state index in [-0.39, 0.29) is 55.8 Å². The smallest absolute Gasteiger partial charge is 0.325 e. The number of amides is 1. The molecule has 14 heteroatoms. The largest absolute Gasteiger partial charge is 0.456 e. The van der Waals surface area contributed by atoms with E-state index in [1.807, 2.05) is 13.8 Å². The number of aliphatic hydroxyl groups excluding tert-OH is 1. The standard InChI is InChI=1S/C30H41FN2O11/c1-27(2)43-23-12-18-17-11-20(31)19-10-16(34)7-8-28(19,3)26(17)21(35)13-29(18,4)30(23,44-27)22(36)15-41-25(38)14-32-24(37)6-5-9-42-33(39)40/h7-8,10,17-18,20-21,23,26,35,39-40H,5-6,9,11-15H2,1-4H3,(H,32,37)/t17-,18-,20-,21-,23+,26+,28-,29-,30+/m0/s1. The zero-order chi connectivity index (χ0) is 32.2. The number of hydrogen-bond acceptors (Lipinski definition) is 12. The van der Waals surface area contributed by atoms with Crippen LogP contribution in [0, 0.1) is 28.6 Å². The molecule has 3 saturated carbocycles. The van der Waals surface area contributed by atoms with Crippen molar-refractivity contribution >= 4 is 23.4 Å². The highest BCUT2D eigenvalue weighted by Gasteiger charge is 2.77. The Morgan fingerprint density at radius 2 is 1.91 bits per heavy atom. The van der Waals surface area contributed by atoms with Gasteiger partial charge in [0, 0.05) is 23.2 Å². The fourth-order valence-electron chi connectivity index (χ4n) is 8.87. The summed E-state index contributed by atoms with van der Waals surface area (Å²) >= 11 is 0. The molecule has 0 aromatic carbocycles. The lowest BCUT2D eigenvalue weighted by Crippen LogP contribution is -2.64. The maximum Gasteiger partial charge on any atom is 0.325 e. The van der Waals surface area contributed by atoms with Crippen LogP contribution < -0.4 is 5.32 Å². The first-order valence-electron chi connectivity index (χ1n) is 15.0. The molecule has 44 heavy (non-hydrogen) atoms. The first-order valence-corrected chi connectivity index (χ1v) is 15.0. The summed E-state index contributed by atoms with van der Waals surface area (Å²) in [4.78, 5) is 55.0. The number of alkyl halides is 1. The van der Waals surface area contributed by atoms with E-state index in [0.29, 0.717) is 12.0 Å². The minimum absolute atomic E-state index is 0.0580. The van der Waals surface area contributed by atoms with E-state index in [4.69, 9.17) is 24.6 Å². The SMILES string of the molecule is CC1(C)O[C@@H]2C[C@H]3[C@@H]4C[C@H](F)C5=CC(=O)C=C[C@]5(C)[C@H]4[C@@H](O)C[C@]3(C)[C@]2(C(=O)COC(=O)CNC(=O)CCCON(O)O)O1. The molecule has 1 aliphatic heterocycles. The van der Waals surface area contributed by atoms with Gasteiger partial charge < -0.3 is 24.6 Å². The van der Waals surface area contributed by atoms with Crippen LogP contribution in [0.4, 0.5) is 4.39 Å². The van der Waals surface area contributed by atoms with Gasteiger partial charge in [0.25, 0.3) is 0 Å². The summed E-state index contributed by atoms with van der Waals surface area (Å²) in [6.07, 6.45) is 2.11. The monoisotopic (exact) mass is 624 g/mol. The lowest BCUT2D eigenvalue weighted by Gasteiger charge is -2.60. The third-order valence-corrected chi connectivity index (χ3v) is 10.4. The molecule has 0 unspecified atom stereocenters. The Labute approximate surface area is 254 Å². The lowest BCUT2D eigenvalue weighted by molar-refractivity contribution is -0.492. The van der Waals surface area contributed by atoms with Gasteiger partial charge in [-0.2, -0.15) is 0 Å². The zero-order valence-corrected chi connectivity index (χ0v) is 25.3. The Kier molecular flexibility index (Phi) is 8.68. The van der Waals surface area contributed by atoms with Gasteiger partial charge in [-0.15, -0.1) is 0 Å². The van der Waals surface area contributed by atoms with Crippen LogP contribution in [-0.2, 0) is 38.2 Å². The maximum atomic E-state index is 15.8. The van der Waals surface area contributed by atoms with E-state index in [1.54, 1.807) is 19.9 Å².